The topological polar surface area (TPSA) is 72.5 Å². The molecular formula is C15H19N3O3S. The van der Waals surface area contributed by atoms with Crippen molar-refractivity contribution in [1.82, 2.24) is 10.3 Å². The summed E-state index contributed by atoms with van der Waals surface area (Å²) in [6.07, 6.45) is 0.411. The number of nitrogens with one attached hydrogen (secondary N) is 2. The van der Waals surface area contributed by atoms with Crippen molar-refractivity contribution < 1.29 is 14.3 Å². The summed E-state index contributed by atoms with van der Waals surface area (Å²) in [6, 6.07) is 5.52. The summed E-state index contributed by atoms with van der Waals surface area (Å²) in [4.78, 5) is 16.2. The van der Waals surface area contributed by atoms with Crippen LogP contribution in [0.2, 0.25) is 0 Å². The molecule has 1 heterocycles. The van der Waals surface area contributed by atoms with Crippen LogP contribution in [0, 0.1) is 0 Å². The molecule has 1 amide bonds. The molecule has 0 aliphatic rings. The fraction of sp³-hybridized carbons (Fsp3) is 0.333. The van der Waals surface area contributed by atoms with Crippen LogP contribution in [0.25, 0.3) is 11.3 Å². The van der Waals surface area contributed by atoms with Gasteiger partial charge in [-0.3, -0.25) is 4.79 Å². The van der Waals surface area contributed by atoms with E-state index >= 15 is 0 Å². The minimum Gasteiger partial charge on any atom is -0.497 e. The number of rotatable bonds is 7. The van der Waals surface area contributed by atoms with Crippen molar-refractivity contribution in [2.45, 2.75) is 6.42 Å². The Labute approximate surface area is 133 Å². The maximum absolute atomic E-state index is 11.7. The average molecular weight is 321 g/mol. The van der Waals surface area contributed by atoms with Gasteiger partial charge in [0.05, 0.1) is 19.9 Å². The maximum atomic E-state index is 11.7. The van der Waals surface area contributed by atoms with Crippen LogP contribution in [-0.4, -0.2) is 38.7 Å². The number of amides is 1. The summed E-state index contributed by atoms with van der Waals surface area (Å²) in [6.45, 7) is 0.633. The van der Waals surface area contributed by atoms with Gasteiger partial charge in [0.1, 0.15) is 11.5 Å². The number of nitrogens with zero attached hydrogens (tertiary/aromatic N) is 1. The first-order valence-electron chi connectivity index (χ1n) is 6.80. The number of carbonyl (C=O) groups is 1. The van der Waals surface area contributed by atoms with Gasteiger partial charge in [-0.05, 0) is 25.2 Å². The van der Waals surface area contributed by atoms with Crippen molar-refractivity contribution >= 4 is 22.4 Å². The summed E-state index contributed by atoms with van der Waals surface area (Å²) in [5.41, 5.74) is 1.57. The molecule has 118 valence electrons. The van der Waals surface area contributed by atoms with Gasteiger partial charge in [-0.15, -0.1) is 11.3 Å². The molecule has 7 heteroatoms. The molecule has 0 saturated heterocycles. The van der Waals surface area contributed by atoms with Gasteiger partial charge in [-0.2, -0.15) is 0 Å². The van der Waals surface area contributed by atoms with Crippen molar-refractivity contribution in [3.05, 3.63) is 23.6 Å². The lowest BCUT2D eigenvalue weighted by Gasteiger charge is -2.08. The number of aromatic nitrogens is 1. The Bertz CT molecular complexity index is 643. The smallest absolute Gasteiger partial charge is 0.227 e. The van der Waals surface area contributed by atoms with Gasteiger partial charge in [-0.1, -0.05) is 0 Å². The monoisotopic (exact) mass is 321 g/mol. The van der Waals surface area contributed by atoms with E-state index in [1.165, 1.54) is 11.3 Å². The predicted molar refractivity (Wildman–Crippen MR) is 87.8 cm³/mol. The van der Waals surface area contributed by atoms with Crippen LogP contribution < -0.4 is 20.1 Å². The summed E-state index contributed by atoms with van der Waals surface area (Å²) in [5, 5.41) is 8.17. The molecule has 0 aliphatic carbocycles. The van der Waals surface area contributed by atoms with E-state index in [0.717, 1.165) is 17.0 Å². The Morgan fingerprint density at radius 2 is 2.14 bits per heavy atom. The molecule has 6 nitrogen and oxygen atoms in total. The molecule has 0 aliphatic heterocycles. The third-order valence-electron chi connectivity index (χ3n) is 3.04. The van der Waals surface area contributed by atoms with Crippen molar-refractivity contribution in [2.75, 3.05) is 33.1 Å². The molecule has 0 bridgehead atoms. The molecule has 0 radical (unpaired) electrons. The molecular weight excluding hydrogens is 302 g/mol. The predicted octanol–water partition coefficient (Wildman–Crippen LogP) is 2.38. The Morgan fingerprint density at radius 3 is 2.82 bits per heavy atom. The molecule has 22 heavy (non-hydrogen) atoms. The number of thiazole rings is 1. The fourth-order valence-corrected chi connectivity index (χ4v) is 2.62. The first-order chi connectivity index (χ1) is 10.7. The van der Waals surface area contributed by atoms with Gasteiger partial charge in [0, 0.05) is 23.9 Å². The second kappa shape index (κ2) is 7.77. The van der Waals surface area contributed by atoms with Crippen LogP contribution in [0.5, 0.6) is 11.5 Å². The summed E-state index contributed by atoms with van der Waals surface area (Å²) in [7, 11) is 5.03. The van der Waals surface area contributed by atoms with Crippen molar-refractivity contribution in [3.63, 3.8) is 0 Å². The highest BCUT2D eigenvalue weighted by Gasteiger charge is 2.12. The van der Waals surface area contributed by atoms with E-state index < -0.39 is 0 Å². The van der Waals surface area contributed by atoms with Gasteiger partial charge in [-0.25, -0.2) is 4.98 Å². The number of carbonyl (C=O) groups excluding carboxylic acids is 1. The molecule has 2 aromatic rings. The molecule has 0 saturated carbocycles. The molecule has 1 aromatic heterocycles. The van der Waals surface area contributed by atoms with Gasteiger partial charge in [0.2, 0.25) is 5.91 Å². The van der Waals surface area contributed by atoms with Crippen LogP contribution in [0.1, 0.15) is 6.42 Å². The van der Waals surface area contributed by atoms with E-state index in [1.807, 2.05) is 30.6 Å². The Hall–Kier alpha value is -2.12. The van der Waals surface area contributed by atoms with Crippen LogP contribution in [0.15, 0.2) is 23.6 Å². The highest BCUT2D eigenvalue weighted by molar-refractivity contribution is 7.14. The van der Waals surface area contributed by atoms with Crippen LogP contribution in [0.4, 0.5) is 5.13 Å². The number of hydrogen-bond acceptors (Lipinski definition) is 6. The van der Waals surface area contributed by atoms with Crippen molar-refractivity contribution in [1.29, 1.82) is 0 Å². The molecule has 0 atom stereocenters. The quantitative estimate of drug-likeness (QED) is 0.819. The zero-order chi connectivity index (χ0) is 15.9. The molecule has 0 unspecified atom stereocenters. The zero-order valence-corrected chi connectivity index (χ0v) is 13.6. The Morgan fingerprint density at radius 1 is 1.32 bits per heavy atom. The van der Waals surface area contributed by atoms with E-state index in [2.05, 4.69) is 15.6 Å². The second-order valence-electron chi connectivity index (χ2n) is 4.51. The third kappa shape index (κ3) is 3.96. The highest BCUT2D eigenvalue weighted by atomic mass is 32.1. The largest absolute Gasteiger partial charge is 0.497 e. The minimum absolute atomic E-state index is 0.0622. The lowest BCUT2D eigenvalue weighted by Crippen LogP contribution is -2.18. The molecule has 2 N–H and O–H groups in total. The van der Waals surface area contributed by atoms with Crippen molar-refractivity contribution in [3.8, 4) is 22.8 Å². The van der Waals surface area contributed by atoms with E-state index in [1.54, 1.807) is 14.2 Å². The zero-order valence-electron chi connectivity index (χ0n) is 12.8. The number of benzene rings is 1. The van der Waals surface area contributed by atoms with Crippen LogP contribution >= 0.6 is 11.3 Å². The Kier molecular flexibility index (Phi) is 5.74. The van der Waals surface area contributed by atoms with Gasteiger partial charge >= 0.3 is 0 Å². The average Bonchev–Trinajstić information content (AvgIpc) is 3.00. The number of methoxy groups -OCH3 is 2. The van der Waals surface area contributed by atoms with Gasteiger partial charge in [0.25, 0.3) is 0 Å². The first-order valence-corrected chi connectivity index (χ1v) is 7.68. The summed E-state index contributed by atoms with van der Waals surface area (Å²) >= 11 is 1.38. The van der Waals surface area contributed by atoms with E-state index in [0.29, 0.717) is 23.8 Å². The van der Waals surface area contributed by atoms with Crippen LogP contribution in [0.3, 0.4) is 0 Å². The number of anilines is 1. The lowest BCUT2D eigenvalue weighted by molar-refractivity contribution is -0.116. The summed E-state index contributed by atoms with van der Waals surface area (Å²) in [5.74, 6) is 1.37. The van der Waals surface area contributed by atoms with Crippen molar-refractivity contribution in [2.24, 2.45) is 0 Å². The van der Waals surface area contributed by atoms with Gasteiger partial charge < -0.3 is 20.1 Å². The number of ether oxygens (including phenoxy) is 2. The van der Waals surface area contributed by atoms with E-state index in [-0.39, 0.29) is 5.91 Å². The van der Waals surface area contributed by atoms with E-state index in [9.17, 15) is 4.79 Å². The SMILES string of the molecule is CNCCC(=O)Nc1nc(-c2cc(OC)ccc2OC)cs1. The third-order valence-corrected chi connectivity index (χ3v) is 3.79. The molecule has 0 spiro atoms. The fourth-order valence-electron chi connectivity index (χ4n) is 1.89. The highest BCUT2D eigenvalue weighted by Crippen LogP contribution is 2.34. The standard InChI is InChI=1S/C15H19N3O3S/c1-16-7-6-14(19)18-15-17-12(9-22-15)11-8-10(20-2)4-5-13(11)21-3/h4-5,8-9,16H,6-7H2,1-3H3,(H,17,18,19). The molecule has 1 aromatic carbocycles. The molecule has 2 rings (SSSR count). The minimum atomic E-state index is -0.0622. The number of hydrogen-bond donors (Lipinski definition) is 2. The molecule has 0 fully saturated rings. The maximum Gasteiger partial charge on any atom is 0.227 e. The van der Waals surface area contributed by atoms with Crippen LogP contribution in [-0.2, 0) is 4.79 Å². The summed E-state index contributed by atoms with van der Waals surface area (Å²) < 4.78 is 10.6. The normalized spacial score (nSPS) is 10.3. The van der Waals surface area contributed by atoms with E-state index in [4.69, 9.17) is 9.47 Å². The first kappa shape index (κ1) is 16.3. The van der Waals surface area contributed by atoms with Gasteiger partial charge in [0.15, 0.2) is 5.13 Å². The lowest BCUT2D eigenvalue weighted by atomic mass is 10.1. The Balaban J connectivity index is 2.19. The second-order valence-corrected chi connectivity index (χ2v) is 5.36.